The van der Waals surface area contributed by atoms with Gasteiger partial charge in [-0.25, -0.2) is 0 Å². The van der Waals surface area contributed by atoms with E-state index in [-0.39, 0.29) is 36.1 Å². The molecule has 4 saturated heterocycles. The lowest BCUT2D eigenvalue weighted by Gasteiger charge is -2.44. The largest absolute Gasteiger partial charge is 0.493 e. The lowest BCUT2D eigenvalue weighted by atomic mass is 9.90. The van der Waals surface area contributed by atoms with Gasteiger partial charge in [-0.05, 0) is 92.9 Å². The Morgan fingerprint density at radius 1 is 0.689 bits per heavy atom. The van der Waals surface area contributed by atoms with Crippen LogP contribution in [-0.2, 0) is 26.9 Å². The van der Waals surface area contributed by atoms with Gasteiger partial charge in [0.15, 0.2) is 11.5 Å². The number of imide groups is 2. The molecule has 5 heterocycles. The third-order valence-corrected chi connectivity index (χ3v) is 12.6. The molecule has 0 spiro atoms. The second-order valence-corrected chi connectivity index (χ2v) is 18.1. The predicted octanol–water partition coefficient (Wildman–Crippen LogP) is 3.81. The summed E-state index contributed by atoms with van der Waals surface area (Å²) in [6.07, 6.45) is 6.63. The number of methoxy groups -OCH3 is 1. The van der Waals surface area contributed by atoms with E-state index in [1.165, 1.54) is 23.4 Å². The van der Waals surface area contributed by atoms with Crippen LogP contribution in [0.3, 0.4) is 0 Å². The highest BCUT2D eigenvalue weighted by Gasteiger charge is 2.37. The third-order valence-electron chi connectivity index (χ3n) is 12.6. The molecule has 5 aliphatic heterocycles. The highest BCUT2D eigenvalue weighted by atomic mass is 32.2. The first-order chi connectivity index (χ1) is 29.5. The summed E-state index contributed by atoms with van der Waals surface area (Å²) in [6, 6.07) is 20.2. The standard InChI is InChI=1S/C44H55N7O6.C2H6OS/c1-3-57-40-28-31(4-12-39(40)56-2)30-51-43(54)37-10-9-35(29-38(37)44(51)55)50-26-24-49(25-27-50)34-14-16-46(17-15-34)18-19-47-20-22-48(23-21-47)33-7-5-32(6-8-33)36-11-13-41(52)45-42(36)53;1-4(2)3/h4-10,12,28-29,34,36H,3,11,13-27,30H2,1-2H3,(H,45,52,53);1-2H3. The first kappa shape index (κ1) is 44.2. The molecule has 5 aliphatic rings. The normalized spacial score (nSPS) is 20.7. The van der Waals surface area contributed by atoms with Gasteiger partial charge in [0.25, 0.3) is 11.8 Å². The number of carbonyl (C=O) groups excluding carboxylic acids is 4. The number of piperazine rings is 2. The number of hydrogen-bond acceptors (Lipinski definition) is 12. The van der Waals surface area contributed by atoms with Crippen molar-refractivity contribution in [3.8, 4) is 11.5 Å². The summed E-state index contributed by atoms with van der Waals surface area (Å²) in [6.45, 7) is 14.9. The van der Waals surface area contributed by atoms with Crippen LogP contribution in [0.15, 0.2) is 60.7 Å². The van der Waals surface area contributed by atoms with Crippen molar-refractivity contribution in [3.63, 3.8) is 0 Å². The van der Waals surface area contributed by atoms with Crippen LogP contribution < -0.4 is 24.6 Å². The molecule has 3 aromatic rings. The number of nitrogens with zero attached hydrogens (tertiary/aromatic N) is 6. The molecule has 0 bridgehead atoms. The van der Waals surface area contributed by atoms with Crippen molar-refractivity contribution >= 4 is 45.8 Å². The van der Waals surface area contributed by atoms with Gasteiger partial charge in [0.2, 0.25) is 11.8 Å². The predicted molar refractivity (Wildman–Crippen MR) is 238 cm³/mol. The molecule has 3 aromatic carbocycles. The SMILES string of the molecule is CCOc1cc(CN2C(=O)c3ccc(N4CCN(C5CCN(CCN6CCN(c7ccc(C8CCC(=O)NC8=O)cc7)CC6)CC5)CC4)cc3C2=O)ccc1OC.CS(C)=O. The van der Waals surface area contributed by atoms with Crippen molar-refractivity contribution in [1.82, 2.24) is 24.9 Å². The maximum atomic E-state index is 13.5. The maximum absolute atomic E-state index is 13.5. The lowest BCUT2D eigenvalue weighted by molar-refractivity contribution is -0.134. The molecular formula is C46H61N7O7S. The van der Waals surface area contributed by atoms with Gasteiger partial charge in [-0.1, -0.05) is 18.2 Å². The Morgan fingerprint density at radius 2 is 1.30 bits per heavy atom. The van der Waals surface area contributed by atoms with E-state index in [1.807, 2.05) is 55.5 Å². The highest BCUT2D eigenvalue weighted by molar-refractivity contribution is 7.83. The molecule has 8 rings (SSSR count). The smallest absolute Gasteiger partial charge is 0.261 e. The van der Waals surface area contributed by atoms with E-state index in [1.54, 1.807) is 19.6 Å². The van der Waals surface area contributed by atoms with Crippen molar-refractivity contribution in [1.29, 1.82) is 0 Å². The first-order valence-corrected chi connectivity index (χ1v) is 23.6. The van der Waals surface area contributed by atoms with E-state index in [0.717, 1.165) is 95.4 Å². The second-order valence-electron chi connectivity index (χ2n) is 16.6. The summed E-state index contributed by atoms with van der Waals surface area (Å²) in [5.74, 6) is 0.0936. The lowest BCUT2D eigenvalue weighted by Crippen LogP contribution is -2.54. The number of amides is 4. The Morgan fingerprint density at radius 3 is 1.93 bits per heavy atom. The first-order valence-electron chi connectivity index (χ1n) is 21.7. The zero-order chi connectivity index (χ0) is 43.0. The van der Waals surface area contributed by atoms with Gasteiger partial charge >= 0.3 is 0 Å². The van der Waals surface area contributed by atoms with Crippen molar-refractivity contribution in [2.75, 3.05) is 115 Å². The average molecular weight is 856 g/mol. The number of anilines is 2. The van der Waals surface area contributed by atoms with Gasteiger partial charge in [-0.2, -0.15) is 0 Å². The Kier molecular flexibility index (Phi) is 14.8. The third kappa shape index (κ3) is 10.8. The van der Waals surface area contributed by atoms with Crippen molar-refractivity contribution in [3.05, 3.63) is 82.9 Å². The highest BCUT2D eigenvalue weighted by Crippen LogP contribution is 2.33. The molecule has 4 amide bonds. The molecule has 0 saturated carbocycles. The number of piperidine rings is 2. The topological polar surface area (TPSA) is 135 Å². The van der Waals surface area contributed by atoms with Crippen molar-refractivity contribution in [2.24, 2.45) is 0 Å². The molecule has 61 heavy (non-hydrogen) atoms. The monoisotopic (exact) mass is 855 g/mol. The van der Waals surface area contributed by atoms with E-state index < -0.39 is 10.8 Å². The number of benzene rings is 3. The van der Waals surface area contributed by atoms with Gasteiger partial charge in [-0.15, -0.1) is 0 Å². The number of hydrogen-bond donors (Lipinski definition) is 1. The van der Waals surface area contributed by atoms with Gasteiger partial charge in [-0.3, -0.25) is 43.4 Å². The Labute approximate surface area is 362 Å². The van der Waals surface area contributed by atoms with Crippen LogP contribution >= 0.6 is 0 Å². The van der Waals surface area contributed by atoms with Gasteiger partial charge in [0.1, 0.15) is 0 Å². The average Bonchev–Trinajstić information content (AvgIpc) is 3.50. The zero-order valence-electron chi connectivity index (χ0n) is 36.1. The fourth-order valence-electron chi connectivity index (χ4n) is 9.18. The van der Waals surface area contributed by atoms with Crippen LogP contribution in [0.2, 0.25) is 0 Å². The molecule has 328 valence electrons. The fraction of sp³-hybridized carbons (Fsp3) is 0.522. The van der Waals surface area contributed by atoms with Crippen LogP contribution in [0.5, 0.6) is 11.5 Å². The van der Waals surface area contributed by atoms with E-state index in [4.69, 9.17) is 9.47 Å². The van der Waals surface area contributed by atoms with E-state index in [2.05, 4.69) is 41.9 Å². The van der Waals surface area contributed by atoms with Crippen LogP contribution in [0.1, 0.15) is 70.4 Å². The number of nitrogens with one attached hydrogen (secondary N) is 1. The van der Waals surface area contributed by atoms with Crippen LogP contribution in [-0.4, -0.2) is 158 Å². The van der Waals surface area contributed by atoms with Gasteiger partial charge < -0.3 is 24.2 Å². The quantitative estimate of drug-likeness (QED) is 0.266. The summed E-state index contributed by atoms with van der Waals surface area (Å²) < 4.78 is 20.7. The van der Waals surface area contributed by atoms with Crippen LogP contribution in [0.4, 0.5) is 11.4 Å². The summed E-state index contributed by atoms with van der Waals surface area (Å²) in [4.78, 5) is 64.6. The minimum atomic E-state index is -0.611. The van der Waals surface area contributed by atoms with Gasteiger partial charge in [0.05, 0.1) is 37.3 Å². The molecule has 0 aliphatic carbocycles. The van der Waals surface area contributed by atoms with E-state index in [0.29, 0.717) is 48.1 Å². The molecule has 15 heteroatoms. The molecule has 1 unspecified atom stereocenters. The number of likely N-dealkylation sites (tertiary alicyclic amines) is 1. The Hall–Kier alpha value is -4.83. The molecular weight excluding hydrogens is 795 g/mol. The van der Waals surface area contributed by atoms with Crippen molar-refractivity contribution < 1.29 is 32.9 Å². The molecule has 1 atom stereocenters. The molecule has 1 N–H and O–H groups in total. The number of ether oxygens (including phenoxy) is 2. The summed E-state index contributed by atoms with van der Waals surface area (Å²) in [5, 5.41) is 2.47. The second kappa shape index (κ2) is 20.4. The van der Waals surface area contributed by atoms with Crippen LogP contribution in [0, 0.1) is 0 Å². The van der Waals surface area contributed by atoms with E-state index >= 15 is 0 Å². The summed E-state index contributed by atoms with van der Waals surface area (Å²) in [5.41, 5.74) is 4.92. The summed E-state index contributed by atoms with van der Waals surface area (Å²) in [7, 11) is 0.979. The minimum Gasteiger partial charge on any atom is -0.493 e. The molecule has 14 nitrogen and oxygen atoms in total. The number of rotatable bonds is 12. The molecule has 4 fully saturated rings. The van der Waals surface area contributed by atoms with Gasteiger partial charge in [0, 0.05) is 113 Å². The molecule has 0 aromatic heterocycles. The number of fused-ring (bicyclic) bond motifs is 1. The zero-order valence-corrected chi connectivity index (χ0v) is 36.9. The fourth-order valence-corrected chi connectivity index (χ4v) is 9.18. The Balaban J connectivity index is 0.00000134. The number of carbonyl (C=O) groups is 4. The van der Waals surface area contributed by atoms with E-state index in [9.17, 15) is 23.4 Å². The molecule has 0 radical (unpaired) electrons. The van der Waals surface area contributed by atoms with Crippen LogP contribution in [0.25, 0.3) is 0 Å². The van der Waals surface area contributed by atoms with Crippen molar-refractivity contribution in [2.45, 2.75) is 51.1 Å². The maximum Gasteiger partial charge on any atom is 0.261 e. The minimum absolute atomic E-state index is 0.174. The Bertz CT molecular complexity index is 2060. The summed E-state index contributed by atoms with van der Waals surface area (Å²) >= 11 is 0.